The Morgan fingerprint density at radius 2 is 1.78 bits per heavy atom. The van der Waals surface area contributed by atoms with Crippen molar-refractivity contribution in [3.05, 3.63) is 29.8 Å². The molecule has 0 aromatic heterocycles. The van der Waals surface area contributed by atoms with Crippen LogP contribution in [0.4, 0.5) is 0 Å². The van der Waals surface area contributed by atoms with Gasteiger partial charge in [0.2, 0.25) is 5.91 Å². The lowest BCUT2D eigenvalue weighted by atomic mass is 9.68. The van der Waals surface area contributed by atoms with E-state index in [1.165, 1.54) is 13.5 Å². The maximum atomic E-state index is 12.5. The molecule has 1 aliphatic heterocycles. The molecule has 1 aromatic carbocycles. The summed E-state index contributed by atoms with van der Waals surface area (Å²) in [5.41, 5.74) is 0.657. The first-order valence-electron chi connectivity index (χ1n) is 8.15. The van der Waals surface area contributed by atoms with Gasteiger partial charge in [0, 0.05) is 11.5 Å². The second-order valence-corrected chi connectivity index (χ2v) is 6.46. The van der Waals surface area contributed by atoms with Crippen molar-refractivity contribution in [3.8, 4) is 5.75 Å². The van der Waals surface area contributed by atoms with Gasteiger partial charge in [-0.05, 0) is 30.5 Å². The Kier molecular flexibility index (Phi) is 4.28. The summed E-state index contributed by atoms with van der Waals surface area (Å²) in [6, 6.07) is 7.66. The van der Waals surface area contributed by atoms with Crippen molar-refractivity contribution in [1.29, 1.82) is 0 Å². The predicted molar refractivity (Wildman–Crippen MR) is 85.2 cm³/mol. The average Bonchev–Trinajstić information content (AvgIpc) is 2.86. The summed E-state index contributed by atoms with van der Waals surface area (Å²) in [7, 11) is 2.96. The van der Waals surface area contributed by atoms with E-state index in [9.17, 15) is 9.59 Å². The van der Waals surface area contributed by atoms with Crippen LogP contribution in [0.3, 0.4) is 0 Å². The SMILES string of the molecule is COC(=O)[C@H]1C(=O)NC2(CCCCC2)[C@@H]1c1ccc(OC)cc1. The topological polar surface area (TPSA) is 64.6 Å². The fourth-order valence-electron chi connectivity index (χ4n) is 4.18. The van der Waals surface area contributed by atoms with Crippen molar-refractivity contribution >= 4 is 11.9 Å². The molecule has 5 nitrogen and oxygen atoms in total. The number of carbonyl (C=O) groups excluding carboxylic acids is 2. The Balaban J connectivity index is 2.03. The maximum Gasteiger partial charge on any atom is 0.318 e. The third-order valence-electron chi connectivity index (χ3n) is 5.26. The lowest BCUT2D eigenvalue weighted by Gasteiger charge is -2.39. The molecule has 0 bridgehead atoms. The number of rotatable bonds is 3. The van der Waals surface area contributed by atoms with Crippen LogP contribution in [-0.4, -0.2) is 31.6 Å². The molecule has 23 heavy (non-hydrogen) atoms. The monoisotopic (exact) mass is 317 g/mol. The van der Waals surface area contributed by atoms with Crippen LogP contribution in [0.25, 0.3) is 0 Å². The summed E-state index contributed by atoms with van der Waals surface area (Å²) < 4.78 is 10.1. The maximum absolute atomic E-state index is 12.5. The van der Waals surface area contributed by atoms with E-state index in [2.05, 4.69) is 5.32 Å². The molecule has 1 saturated carbocycles. The summed E-state index contributed by atoms with van der Waals surface area (Å²) in [4.78, 5) is 24.8. The van der Waals surface area contributed by atoms with Gasteiger partial charge in [-0.1, -0.05) is 31.4 Å². The number of methoxy groups -OCH3 is 2. The number of nitrogens with one attached hydrogen (secondary N) is 1. The first-order valence-corrected chi connectivity index (χ1v) is 8.15. The fourth-order valence-corrected chi connectivity index (χ4v) is 4.18. The Labute approximate surface area is 136 Å². The summed E-state index contributed by atoms with van der Waals surface area (Å²) >= 11 is 0. The van der Waals surface area contributed by atoms with Crippen molar-refractivity contribution in [2.45, 2.75) is 43.6 Å². The smallest absolute Gasteiger partial charge is 0.318 e. The van der Waals surface area contributed by atoms with Crippen molar-refractivity contribution < 1.29 is 19.1 Å². The van der Waals surface area contributed by atoms with Crippen LogP contribution >= 0.6 is 0 Å². The Morgan fingerprint density at radius 3 is 2.35 bits per heavy atom. The molecule has 1 N–H and O–H groups in total. The highest BCUT2D eigenvalue weighted by Gasteiger charge is 2.56. The quantitative estimate of drug-likeness (QED) is 0.687. The number of benzene rings is 1. The molecule has 1 spiro atoms. The third-order valence-corrected chi connectivity index (χ3v) is 5.26. The average molecular weight is 317 g/mol. The van der Waals surface area contributed by atoms with Gasteiger partial charge in [0.15, 0.2) is 0 Å². The highest BCUT2D eigenvalue weighted by atomic mass is 16.5. The Hall–Kier alpha value is -2.04. The van der Waals surface area contributed by atoms with Crippen molar-refractivity contribution in [3.63, 3.8) is 0 Å². The molecule has 0 unspecified atom stereocenters. The molecule has 2 aliphatic rings. The Morgan fingerprint density at radius 1 is 1.13 bits per heavy atom. The second kappa shape index (κ2) is 6.22. The van der Waals surface area contributed by atoms with Crippen LogP contribution in [0.15, 0.2) is 24.3 Å². The first kappa shape index (κ1) is 15.8. The van der Waals surface area contributed by atoms with E-state index in [-0.39, 0.29) is 17.4 Å². The number of esters is 1. The minimum absolute atomic E-state index is 0.186. The van der Waals surface area contributed by atoms with Gasteiger partial charge in [-0.15, -0.1) is 0 Å². The molecule has 1 aliphatic carbocycles. The minimum Gasteiger partial charge on any atom is -0.497 e. The lowest BCUT2D eigenvalue weighted by molar-refractivity contribution is -0.149. The first-order chi connectivity index (χ1) is 11.1. The highest BCUT2D eigenvalue weighted by molar-refractivity contribution is 6.01. The van der Waals surface area contributed by atoms with Crippen molar-refractivity contribution in [2.75, 3.05) is 14.2 Å². The van der Waals surface area contributed by atoms with Gasteiger partial charge in [0.1, 0.15) is 11.7 Å². The van der Waals surface area contributed by atoms with Gasteiger partial charge in [-0.25, -0.2) is 0 Å². The van der Waals surface area contributed by atoms with Crippen molar-refractivity contribution in [2.24, 2.45) is 5.92 Å². The molecule has 124 valence electrons. The van der Waals surface area contributed by atoms with E-state index in [0.29, 0.717) is 0 Å². The van der Waals surface area contributed by atoms with E-state index >= 15 is 0 Å². The third kappa shape index (κ3) is 2.69. The van der Waals surface area contributed by atoms with Crippen LogP contribution in [0.2, 0.25) is 0 Å². The van der Waals surface area contributed by atoms with Gasteiger partial charge in [-0.3, -0.25) is 9.59 Å². The molecule has 1 aromatic rings. The van der Waals surface area contributed by atoms with Gasteiger partial charge in [0.05, 0.1) is 14.2 Å². The van der Waals surface area contributed by atoms with Gasteiger partial charge < -0.3 is 14.8 Å². The Bertz CT molecular complexity index is 590. The zero-order valence-corrected chi connectivity index (χ0v) is 13.6. The zero-order valence-electron chi connectivity index (χ0n) is 13.6. The fraction of sp³-hybridized carbons (Fsp3) is 0.556. The molecule has 2 atom stereocenters. The largest absolute Gasteiger partial charge is 0.497 e. The minimum atomic E-state index is -0.772. The summed E-state index contributed by atoms with van der Waals surface area (Å²) in [6.07, 6.45) is 5.13. The van der Waals surface area contributed by atoms with Crippen molar-refractivity contribution in [1.82, 2.24) is 5.32 Å². The van der Waals surface area contributed by atoms with Gasteiger partial charge in [0.25, 0.3) is 0 Å². The molecule has 5 heteroatoms. The molecule has 0 radical (unpaired) electrons. The number of amides is 1. The summed E-state index contributed by atoms with van der Waals surface area (Å²) in [5, 5.41) is 3.14. The standard InChI is InChI=1S/C18H23NO4/c1-22-13-8-6-12(7-9-13)15-14(17(21)23-2)16(20)19-18(15)10-4-3-5-11-18/h6-9,14-15H,3-5,10-11H2,1-2H3,(H,19,20)/t14-,15-/m1/s1. The molecular weight excluding hydrogens is 294 g/mol. The second-order valence-electron chi connectivity index (χ2n) is 6.46. The molecule has 1 saturated heterocycles. The number of hydrogen-bond donors (Lipinski definition) is 1. The zero-order chi connectivity index (χ0) is 16.4. The molecule has 1 heterocycles. The van der Waals surface area contributed by atoms with Crippen LogP contribution in [0, 0.1) is 5.92 Å². The van der Waals surface area contributed by atoms with E-state index in [1.54, 1.807) is 7.11 Å². The normalized spacial score (nSPS) is 25.9. The predicted octanol–water partition coefficient (Wildman–Crippen LogP) is 2.40. The van der Waals surface area contributed by atoms with Gasteiger partial charge in [-0.2, -0.15) is 0 Å². The van der Waals surface area contributed by atoms with E-state index in [4.69, 9.17) is 9.47 Å². The van der Waals surface area contributed by atoms with Crippen LogP contribution < -0.4 is 10.1 Å². The summed E-state index contributed by atoms with van der Waals surface area (Å²) in [6.45, 7) is 0. The molecule has 3 rings (SSSR count). The molecule has 2 fully saturated rings. The number of hydrogen-bond acceptors (Lipinski definition) is 4. The van der Waals surface area contributed by atoms with E-state index < -0.39 is 11.9 Å². The van der Waals surface area contributed by atoms with Crippen LogP contribution in [0.1, 0.15) is 43.6 Å². The lowest BCUT2D eigenvalue weighted by Crippen LogP contribution is -2.46. The number of carbonyl (C=O) groups is 2. The van der Waals surface area contributed by atoms with Crippen LogP contribution in [0.5, 0.6) is 5.75 Å². The molecule has 1 amide bonds. The summed E-state index contributed by atoms with van der Waals surface area (Å²) in [5.74, 6) is -0.858. The van der Waals surface area contributed by atoms with E-state index in [0.717, 1.165) is 37.0 Å². The number of ether oxygens (including phenoxy) is 2. The molecular formula is C18H23NO4. The highest BCUT2D eigenvalue weighted by Crippen LogP contribution is 2.48. The van der Waals surface area contributed by atoms with E-state index in [1.807, 2.05) is 24.3 Å². The van der Waals surface area contributed by atoms with Crippen LogP contribution in [-0.2, 0) is 14.3 Å². The van der Waals surface area contributed by atoms with Gasteiger partial charge >= 0.3 is 5.97 Å².